The molecule has 0 atom stereocenters. The van der Waals surface area contributed by atoms with Crippen LogP contribution in [0.3, 0.4) is 0 Å². The third-order valence-electron chi connectivity index (χ3n) is 0.676. The fourth-order valence-corrected chi connectivity index (χ4v) is 0.608. The first-order chi connectivity index (χ1) is 5.91. The predicted molar refractivity (Wildman–Crippen MR) is 45.7 cm³/mol. The Kier molecular flexibility index (Phi) is 9.92. The molecular formula is C5H13N4O2P. The first kappa shape index (κ1) is 11.4. The van der Waals surface area contributed by atoms with Crippen molar-refractivity contribution in [1.29, 1.82) is 0 Å². The normalized spacial score (nSPS) is 8.83. The molecule has 0 radical (unpaired) electrons. The van der Waals surface area contributed by atoms with Crippen LogP contribution in [-0.2, 0) is 9.05 Å². The number of tetrazole rings is 1. The van der Waals surface area contributed by atoms with Gasteiger partial charge in [0.1, 0.15) is 6.33 Å². The molecule has 1 aromatic heterocycles. The molecule has 1 aromatic rings. The summed E-state index contributed by atoms with van der Waals surface area (Å²) >= 11 is 0. The predicted octanol–water partition coefficient (Wildman–Crippen LogP) is 0.768. The minimum absolute atomic E-state index is 0.232. The zero-order valence-electron chi connectivity index (χ0n) is 7.15. The number of aromatic amines is 1. The monoisotopic (exact) mass is 192 g/mol. The second-order valence-electron chi connectivity index (χ2n) is 1.51. The van der Waals surface area contributed by atoms with Crippen LogP contribution >= 0.6 is 9.03 Å². The number of hydrogen-bond acceptors (Lipinski definition) is 5. The molecule has 0 saturated heterocycles. The zero-order chi connectivity index (χ0) is 9.07. The van der Waals surface area contributed by atoms with Crippen LogP contribution in [0, 0.1) is 0 Å². The van der Waals surface area contributed by atoms with E-state index in [1.165, 1.54) is 6.33 Å². The topological polar surface area (TPSA) is 72.9 Å². The SMILES string of the molecule is CCOPOCC.c1nnn[nH]1. The second kappa shape index (κ2) is 10.4. The van der Waals surface area contributed by atoms with Gasteiger partial charge in [0.15, 0.2) is 9.03 Å². The van der Waals surface area contributed by atoms with Gasteiger partial charge in [-0.2, -0.15) is 0 Å². The lowest BCUT2D eigenvalue weighted by Gasteiger charge is -1.96. The molecule has 6 nitrogen and oxygen atoms in total. The molecule has 0 spiro atoms. The van der Waals surface area contributed by atoms with E-state index in [0.29, 0.717) is 0 Å². The third-order valence-corrected chi connectivity index (χ3v) is 1.49. The maximum atomic E-state index is 4.88. The Morgan fingerprint density at radius 3 is 2.25 bits per heavy atom. The van der Waals surface area contributed by atoms with E-state index < -0.39 is 0 Å². The van der Waals surface area contributed by atoms with Gasteiger partial charge in [-0.3, -0.25) is 0 Å². The van der Waals surface area contributed by atoms with E-state index in [-0.39, 0.29) is 9.03 Å². The highest BCUT2D eigenvalue weighted by molar-refractivity contribution is 7.26. The average molecular weight is 192 g/mol. The van der Waals surface area contributed by atoms with E-state index in [9.17, 15) is 0 Å². The maximum Gasteiger partial charge on any atom is 0.155 e. The van der Waals surface area contributed by atoms with Crippen LogP contribution in [-0.4, -0.2) is 33.8 Å². The minimum Gasteiger partial charge on any atom is -0.337 e. The van der Waals surface area contributed by atoms with Gasteiger partial charge in [0.25, 0.3) is 0 Å². The van der Waals surface area contributed by atoms with E-state index in [1.807, 2.05) is 13.8 Å². The highest BCUT2D eigenvalue weighted by Crippen LogP contribution is 2.10. The molecule has 0 saturated carbocycles. The van der Waals surface area contributed by atoms with Crippen molar-refractivity contribution in [1.82, 2.24) is 20.6 Å². The van der Waals surface area contributed by atoms with Crippen molar-refractivity contribution in [2.24, 2.45) is 0 Å². The van der Waals surface area contributed by atoms with Crippen LogP contribution in [0.15, 0.2) is 6.33 Å². The van der Waals surface area contributed by atoms with E-state index in [2.05, 4.69) is 20.6 Å². The van der Waals surface area contributed by atoms with Crippen molar-refractivity contribution >= 4 is 9.03 Å². The number of nitrogens with one attached hydrogen (secondary N) is 1. The first-order valence-electron chi connectivity index (χ1n) is 3.57. The summed E-state index contributed by atoms with van der Waals surface area (Å²) in [6.07, 6.45) is 1.40. The Morgan fingerprint density at radius 2 is 2.00 bits per heavy atom. The van der Waals surface area contributed by atoms with Gasteiger partial charge in [-0.1, -0.05) is 0 Å². The van der Waals surface area contributed by atoms with Gasteiger partial charge in [-0.15, -0.1) is 5.10 Å². The van der Waals surface area contributed by atoms with Crippen molar-refractivity contribution in [2.75, 3.05) is 13.2 Å². The molecule has 0 bridgehead atoms. The lowest BCUT2D eigenvalue weighted by Crippen LogP contribution is -1.78. The molecule has 12 heavy (non-hydrogen) atoms. The van der Waals surface area contributed by atoms with Gasteiger partial charge in [-0.25, -0.2) is 5.10 Å². The third kappa shape index (κ3) is 9.42. The summed E-state index contributed by atoms with van der Waals surface area (Å²) in [5.74, 6) is 0. The quantitative estimate of drug-likeness (QED) is 0.563. The maximum absolute atomic E-state index is 4.88. The largest absolute Gasteiger partial charge is 0.337 e. The molecular weight excluding hydrogens is 179 g/mol. The van der Waals surface area contributed by atoms with Crippen molar-refractivity contribution in [3.05, 3.63) is 6.33 Å². The standard InChI is InChI=1S/C4H11O2P.CH2N4/c1-3-5-7-6-4-2;1-2-4-5-3-1/h7H,3-4H2,1-2H3;1H,(H,2,3,4,5). The van der Waals surface area contributed by atoms with E-state index in [1.54, 1.807) is 0 Å². The van der Waals surface area contributed by atoms with Crippen LogP contribution in [0.25, 0.3) is 0 Å². The minimum atomic E-state index is 0.232. The Balaban J connectivity index is 0.000000211. The van der Waals surface area contributed by atoms with Gasteiger partial charge in [0.2, 0.25) is 0 Å². The van der Waals surface area contributed by atoms with Crippen LogP contribution in [0.5, 0.6) is 0 Å². The molecule has 0 aromatic carbocycles. The molecule has 1 heterocycles. The van der Waals surface area contributed by atoms with Crippen LogP contribution < -0.4 is 0 Å². The summed E-state index contributed by atoms with van der Waals surface area (Å²) in [6, 6.07) is 0. The summed E-state index contributed by atoms with van der Waals surface area (Å²) in [4.78, 5) is 0. The van der Waals surface area contributed by atoms with Gasteiger partial charge >= 0.3 is 0 Å². The average Bonchev–Trinajstić information content (AvgIpc) is 2.62. The summed E-state index contributed by atoms with van der Waals surface area (Å²) in [6.45, 7) is 5.40. The summed E-state index contributed by atoms with van der Waals surface area (Å²) in [5, 5.41) is 12.1. The molecule has 0 aliphatic rings. The van der Waals surface area contributed by atoms with E-state index in [0.717, 1.165) is 13.2 Å². The van der Waals surface area contributed by atoms with Crippen molar-refractivity contribution < 1.29 is 9.05 Å². The van der Waals surface area contributed by atoms with Crippen LogP contribution in [0.4, 0.5) is 0 Å². The zero-order valence-corrected chi connectivity index (χ0v) is 8.15. The number of hydrogen-bond donors (Lipinski definition) is 1. The molecule has 0 aliphatic carbocycles. The highest BCUT2D eigenvalue weighted by atomic mass is 31.1. The molecule has 70 valence electrons. The summed E-state index contributed by atoms with van der Waals surface area (Å²) < 4.78 is 9.76. The fourth-order valence-electron chi connectivity index (χ4n) is 0.289. The van der Waals surface area contributed by atoms with E-state index in [4.69, 9.17) is 9.05 Å². The van der Waals surface area contributed by atoms with Crippen LogP contribution in [0.1, 0.15) is 13.8 Å². The van der Waals surface area contributed by atoms with Gasteiger partial charge < -0.3 is 9.05 Å². The molecule has 7 heteroatoms. The second-order valence-corrected chi connectivity index (χ2v) is 2.26. The number of nitrogens with zero attached hydrogens (tertiary/aromatic N) is 3. The van der Waals surface area contributed by atoms with Gasteiger partial charge in [0, 0.05) is 0 Å². The molecule has 0 fully saturated rings. The molecule has 0 unspecified atom stereocenters. The van der Waals surface area contributed by atoms with Gasteiger partial charge in [0.05, 0.1) is 13.2 Å². The number of aromatic nitrogens is 4. The molecule has 0 aliphatic heterocycles. The summed E-state index contributed by atoms with van der Waals surface area (Å²) in [5.41, 5.74) is 0. The Morgan fingerprint density at radius 1 is 1.33 bits per heavy atom. The smallest absolute Gasteiger partial charge is 0.155 e. The fraction of sp³-hybridized carbons (Fsp3) is 0.800. The van der Waals surface area contributed by atoms with Crippen LogP contribution in [0.2, 0.25) is 0 Å². The molecule has 1 rings (SSSR count). The Bertz CT molecular complexity index is 128. The van der Waals surface area contributed by atoms with Crippen molar-refractivity contribution in [2.45, 2.75) is 13.8 Å². The van der Waals surface area contributed by atoms with Gasteiger partial charge in [-0.05, 0) is 24.3 Å². The highest BCUT2D eigenvalue weighted by Gasteiger charge is 1.77. The molecule has 0 amide bonds. The van der Waals surface area contributed by atoms with E-state index >= 15 is 0 Å². The lowest BCUT2D eigenvalue weighted by atomic mass is 10.9. The Labute approximate surface area is 73.0 Å². The number of rotatable bonds is 4. The first-order valence-corrected chi connectivity index (χ1v) is 4.39. The van der Waals surface area contributed by atoms with Crippen molar-refractivity contribution in [3.8, 4) is 0 Å². The van der Waals surface area contributed by atoms with Crippen molar-refractivity contribution in [3.63, 3.8) is 0 Å². The summed E-state index contributed by atoms with van der Waals surface area (Å²) in [7, 11) is 0.232. The lowest BCUT2D eigenvalue weighted by molar-refractivity contribution is 0.288. The molecule has 1 N–H and O–H groups in total. The Hall–Kier alpha value is -0.580. The number of H-pyrrole nitrogens is 1.